The van der Waals surface area contributed by atoms with Crippen LogP contribution in [0.1, 0.15) is 40.0 Å². The number of hydrogen-bond donors (Lipinski definition) is 4. The van der Waals surface area contributed by atoms with Gasteiger partial charge < -0.3 is 21.3 Å². The molecule has 1 rings (SSSR count). The molecule has 0 aliphatic heterocycles. The summed E-state index contributed by atoms with van der Waals surface area (Å²) < 4.78 is 5.22. The standard InChI is InChI=1S/C11H23N5O2/c1-11(2,3)18-10(17)14-8-6-4-5-7(8)9(15-12)16-13/h7-8H,4-6,12-13H2,1-3H3,(H,14,17)(H,15,16). The predicted octanol–water partition coefficient (Wildman–Crippen LogP) is 0.415. The Morgan fingerprint density at radius 2 is 2.06 bits per heavy atom. The van der Waals surface area contributed by atoms with E-state index in [4.69, 9.17) is 16.4 Å². The van der Waals surface area contributed by atoms with Gasteiger partial charge in [-0.1, -0.05) is 6.42 Å². The Morgan fingerprint density at radius 3 is 2.56 bits per heavy atom. The maximum atomic E-state index is 11.7. The topological polar surface area (TPSA) is 115 Å². The first kappa shape index (κ1) is 14.6. The lowest BCUT2D eigenvalue weighted by Crippen LogP contribution is -2.47. The zero-order chi connectivity index (χ0) is 13.8. The predicted molar refractivity (Wildman–Crippen MR) is 69.4 cm³/mol. The average Bonchev–Trinajstić information content (AvgIpc) is 2.65. The smallest absolute Gasteiger partial charge is 0.407 e. The van der Waals surface area contributed by atoms with E-state index in [2.05, 4.69) is 15.8 Å². The van der Waals surface area contributed by atoms with Gasteiger partial charge in [-0.2, -0.15) is 5.10 Å². The van der Waals surface area contributed by atoms with E-state index in [1.807, 2.05) is 20.8 Å². The fraction of sp³-hybridized carbons (Fsp3) is 0.818. The molecule has 6 N–H and O–H groups in total. The molecule has 2 unspecified atom stereocenters. The van der Waals surface area contributed by atoms with Gasteiger partial charge in [-0.3, -0.25) is 0 Å². The van der Waals surface area contributed by atoms with Crippen LogP contribution in [0.15, 0.2) is 5.10 Å². The van der Waals surface area contributed by atoms with Crippen molar-refractivity contribution in [2.24, 2.45) is 22.7 Å². The van der Waals surface area contributed by atoms with Gasteiger partial charge in [0.25, 0.3) is 0 Å². The van der Waals surface area contributed by atoms with E-state index in [1.54, 1.807) is 0 Å². The van der Waals surface area contributed by atoms with Crippen LogP contribution in [0.2, 0.25) is 0 Å². The van der Waals surface area contributed by atoms with Crippen molar-refractivity contribution in [1.82, 2.24) is 10.7 Å². The molecule has 0 saturated heterocycles. The minimum absolute atomic E-state index is 0.0209. The molecule has 2 atom stereocenters. The minimum Gasteiger partial charge on any atom is -0.444 e. The highest BCUT2D eigenvalue weighted by atomic mass is 16.6. The highest BCUT2D eigenvalue weighted by Crippen LogP contribution is 2.26. The quantitative estimate of drug-likeness (QED) is 0.248. The van der Waals surface area contributed by atoms with Gasteiger partial charge in [0.05, 0.1) is 0 Å². The van der Waals surface area contributed by atoms with E-state index in [1.165, 1.54) is 0 Å². The van der Waals surface area contributed by atoms with Gasteiger partial charge in [0, 0.05) is 12.0 Å². The van der Waals surface area contributed by atoms with Gasteiger partial charge in [-0.25, -0.2) is 10.6 Å². The number of hydrazone groups is 1. The van der Waals surface area contributed by atoms with Gasteiger partial charge in [0.1, 0.15) is 11.4 Å². The summed E-state index contributed by atoms with van der Waals surface area (Å²) in [6.45, 7) is 5.48. The molecular formula is C11H23N5O2. The van der Waals surface area contributed by atoms with E-state index in [0.717, 1.165) is 19.3 Å². The van der Waals surface area contributed by atoms with Crippen molar-refractivity contribution in [2.45, 2.75) is 51.7 Å². The summed E-state index contributed by atoms with van der Waals surface area (Å²) in [6.07, 6.45) is 2.32. The van der Waals surface area contributed by atoms with Crippen LogP contribution in [0, 0.1) is 5.92 Å². The lowest BCUT2D eigenvalue weighted by atomic mass is 10.0. The lowest BCUT2D eigenvalue weighted by Gasteiger charge is -2.25. The summed E-state index contributed by atoms with van der Waals surface area (Å²) in [5.41, 5.74) is 1.97. The molecule has 0 heterocycles. The highest BCUT2D eigenvalue weighted by Gasteiger charge is 2.33. The van der Waals surface area contributed by atoms with Crippen LogP contribution >= 0.6 is 0 Å². The zero-order valence-electron chi connectivity index (χ0n) is 11.2. The number of carbonyl (C=O) groups is 1. The number of hydrazine groups is 1. The van der Waals surface area contributed by atoms with Crippen molar-refractivity contribution < 1.29 is 9.53 Å². The summed E-state index contributed by atoms with van der Waals surface area (Å²) in [5, 5.41) is 6.45. The van der Waals surface area contributed by atoms with E-state index in [9.17, 15) is 4.79 Å². The Hall–Kier alpha value is -1.50. The molecule has 0 aromatic heterocycles. The second-order valence-electron chi connectivity index (χ2n) is 5.45. The highest BCUT2D eigenvalue weighted by molar-refractivity contribution is 5.85. The summed E-state index contributed by atoms with van der Waals surface area (Å²) in [5.74, 6) is 11.1. The second kappa shape index (κ2) is 5.90. The van der Waals surface area contributed by atoms with E-state index in [0.29, 0.717) is 5.84 Å². The molecule has 7 nitrogen and oxygen atoms in total. The molecule has 1 saturated carbocycles. The maximum absolute atomic E-state index is 11.7. The van der Waals surface area contributed by atoms with Gasteiger partial charge in [0.15, 0.2) is 0 Å². The number of ether oxygens (including phenoxy) is 1. The van der Waals surface area contributed by atoms with Crippen molar-refractivity contribution in [3.8, 4) is 0 Å². The van der Waals surface area contributed by atoms with Gasteiger partial charge in [-0.15, -0.1) is 0 Å². The van der Waals surface area contributed by atoms with Crippen LogP contribution in [-0.4, -0.2) is 23.6 Å². The van der Waals surface area contributed by atoms with Crippen LogP contribution in [0.4, 0.5) is 4.79 Å². The molecule has 0 spiro atoms. The van der Waals surface area contributed by atoms with Crippen LogP contribution < -0.4 is 22.4 Å². The number of carbonyl (C=O) groups excluding carboxylic acids is 1. The first-order valence-electron chi connectivity index (χ1n) is 6.11. The first-order chi connectivity index (χ1) is 8.37. The zero-order valence-corrected chi connectivity index (χ0v) is 11.2. The fourth-order valence-corrected chi connectivity index (χ4v) is 2.16. The van der Waals surface area contributed by atoms with Crippen molar-refractivity contribution in [1.29, 1.82) is 0 Å². The van der Waals surface area contributed by atoms with Crippen LogP contribution in [-0.2, 0) is 4.74 Å². The number of amides is 1. The number of hydrogen-bond acceptors (Lipinski definition) is 5. The molecule has 1 amide bonds. The molecule has 1 aliphatic carbocycles. The van der Waals surface area contributed by atoms with Crippen molar-refractivity contribution in [3.05, 3.63) is 0 Å². The first-order valence-corrected chi connectivity index (χ1v) is 6.11. The molecule has 1 fully saturated rings. The van der Waals surface area contributed by atoms with Crippen molar-refractivity contribution in [3.63, 3.8) is 0 Å². The molecule has 0 aromatic carbocycles. The third-order valence-electron chi connectivity index (χ3n) is 2.86. The van der Waals surface area contributed by atoms with Crippen LogP contribution in [0.3, 0.4) is 0 Å². The molecule has 104 valence electrons. The lowest BCUT2D eigenvalue weighted by molar-refractivity contribution is 0.0500. The molecule has 1 aliphatic rings. The fourth-order valence-electron chi connectivity index (χ4n) is 2.16. The molecule has 7 heteroatoms. The average molecular weight is 257 g/mol. The van der Waals surface area contributed by atoms with E-state index >= 15 is 0 Å². The Labute approximate surface area is 107 Å². The van der Waals surface area contributed by atoms with Crippen LogP contribution in [0.5, 0.6) is 0 Å². The number of nitrogens with one attached hydrogen (secondary N) is 2. The Morgan fingerprint density at radius 1 is 1.39 bits per heavy atom. The largest absolute Gasteiger partial charge is 0.444 e. The third kappa shape index (κ3) is 4.06. The monoisotopic (exact) mass is 257 g/mol. The third-order valence-corrected chi connectivity index (χ3v) is 2.86. The number of amidine groups is 1. The van der Waals surface area contributed by atoms with E-state index < -0.39 is 11.7 Å². The molecule has 0 bridgehead atoms. The van der Waals surface area contributed by atoms with Crippen molar-refractivity contribution >= 4 is 11.9 Å². The Bertz CT molecular complexity index is 324. The van der Waals surface area contributed by atoms with Crippen molar-refractivity contribution in [2.75, 3.05) is 0 Å². The minimum atomic E-state index is -0.505. The summed E-state index contributed by atoms with van der Waals surface area (Å²) in [4.78, 5) is 11.7. The molecular weight excluding hydrogens is 234 g/mol. The summed E-state index contributed by atoms with van der Waals surface area (Å²) >= 11 is 0. The van der Waals surface area contributed by atoms with Gasteiger partial charge in [0.2, 0.25) is 0 Å². The SMILES string of the molecule is CC(C)(C)OC(=O)NC1CCCC1/C(=N/N)NN. The van der Waals surface area contributed by atoms with Gasteiger partial charge >= 0.3 is 6.09 Å². The second-order valence-corrected chi connectivity index (χ2v) is 5.45. The number of nitrogens with two attached hydrogens (primary N) is 2. The van der Waals surface area contributed by atoms with Crippen LogP contribution in [0.25, 0.3) is 0 Å². The Kier molecular flexibility index (Phi) is 4.77. The van der Waals surface area contributed by atoms with E-state index in [-0.39, 0.29) is 12.0 Å². The Balaban J connectivity index is 2.58. The summed E-state index contributed by atoms with van der Waals surface area (Å²) in [6, 6.07) is -0.0433. The number of nitrogens with zero attached hydrogens (tertiary/aromatic N) is 1. The molecule has 0 radical (unpaired) electrons. The van der Waals surface area contributed by atoms with Gasteiger partial charge in [-0.05, 0) is 33.6 Å². The molecule has 0 aromatic rings. The maximum Gasteiger partial charge on any atom is 0.407 e. The summed E-state index contributed by atoms with van der Waals surface area (Å²) in [7, 11) is 0. The number of rotatable bonds is 2. The normalized spacial score (nSPS) is 24.8. The number of alkyl carbamates (subject to hydrolysis) is 1. The molecule has 18 heavy (non-hydrogen) atoms.